The normalized spacial score (nSPS) is 17.1. The van der Waals surface area contributed by atoms with Gasteiger partial charge in [-0.3, -0.25) is 19.3 Å². The fraction of sp³-hybridized carbons (Fsp3) is 0.250. The van der Waals surface area contributed by atoms with Gasteiger partial charge in [-0.25, -0.2) is 0 Å². The SMILES string of the molecule is N#Cc1ccccc1COc1c(I)cc(/C=C2/SC(=O)N(CC(=O)N3CCOCC3)C2=O)cc1I. The largest absolute Gasteiger partial charge is 0.487 e. The van der Waals surface area contributed by atoms with Crippen molar-refractivity contribution < 1.29 is 23.9 Å². The highest BCUT2D eigenvalue weighted by Crippen LogP contribution is 2.35. The summed E-state index contributed by atoms with van der Waals surface area (Å²) >= 11 is 5.15. The molecule has 2 aromatic rings. The number of halogens is 2. The van der Waals surface area contributed by atoms with Crippen LogP contribution in [0, 0.1) is 18.5 Å². The van der Waals surface area contributed by atoms with Crippen LogP contribution in [-0.2, 0) is 20.9 Å². The fourth-order valence-corrected chi connectivity index (χ4v) is 6.51. The van der Waals surface area contributed by atoms with E-state index >= 15 is 0 Å². The second kappa shape index (κ2) is 11.7. The van der Waals surface area contributed by atoms with Gasteiger partial charge in [-0.05, 0) is 86.8 Å². The molecular formula is C24H19I2N3O5S. The van der Waals surface area contributed by atoms with Crippen LogP contribution in [0.5, 0.6) is 5.75 Å². The average Bonchev–Trinajstić information content (AvgIpc) is 3.11. The second-order valence-electron chi connectivity index (χ2n) is 7.63. The number of carbonyl (C=O) groups excluding carboxylic acids is 3. The van der Waals surface area contributed by atoms with E-state index in [1.807, 2.05) is 30.3 Å². The van der Waals surface area contributed by atoms with Gasteiger partial charge in [0.2, 0.25) is 5.91 Å². The van der Waals surface area contributed by atoms with Crippen LogP contribution in [0.2, 0.25) is 0 Å². The molecule has 2 aliphatic heterocycles. The van der Waals surface area contributed by atoms with Crippen molar-refractivity contribution in [2.75, 3.05) is 32.8 Å². The molecule has 0 unspecified atom stereocenters. The van der Waals surface area contributed by atoms with Crippen LogP contribution in [0.4, 0.5) is 4.79 Å². The molecule has 8 nitrogen and oxygen atoms in total. The molecule has 11 heteroatoms. The minimum Gasteiger partial charge on any atom is -0.487 e. The second-order valence-corrected chi connectivity index (χ2v) is 10.9. The molecule has 0 aromatic heterocycles. The van der Waals surface area contributed by atoms with Crippen LogP contribution in [0.25, 0.3) is 6.08 Å². The molecule has 2 saturated heterocycles. The van der Waals surface area contributed by atoms with E-state index < -0.39 is 11.1 Å². The number of thioether (sulfide) groups is 1. The van der Waals surface area contributed by atoms with Crippen molar-refractivity contribution in [3.05, 3.63) is 65.1 Å². The van der Waals surface area contributed by atoms with Crippen LogP contribution in [-0.4, -0.2) is 59.7 Å². The zero-order valence-electron chi connectivity index (χ0n) is 18.3. The monoisotopic (exact) mass is 715 g/mol. The molecule has 180 valence electrons. The van der Waals surface area contributed by atoms with E-state index in [9.17, 15) is 19.6 Å². The fourth-order valence-electron chi connectivity index (χ4n) is 3.54. The summed E-state index contributed by atoms with van der Waals surface area (Å²) < 4.78 is 12.9. The van der Waals surface area contributed by atoms with Gasteiger partial charge in [0, 0.05) is 18.7 Å². The van der Waals surface area contributed by atoms with Crippen molar-refractivity contribution in [3.8, 4) is 11.8 Å². The number of ether oxygens (including phenoxy) is 2. The zero-order chi connectivity index (χ0) is 24.9. The van der Waals surface area contributed by atoms with E-state index in [0.29, 0.717) is 37.6 Å². The molecule has 0 N–H and O–H groups in total. The molecule has 0 saturated carbocycles. The Labute approximate surface area is 233 Å². The van der Waals surface area contributed by atoms with E-state index in [4.69, 9.17) is 9.47 Å². The number of hydrogen-bond donors (Lipinski definition) is 0. The topological polar surface area (TPSA) is 99.9 Å². The quantitative estimate of drug-likeness (QED) is 0.326. The highest BCUT2D eigenvalue weighted by Gasteiger charge is 2.37. The summed E-state index contributed by atoms with van der Waals surface area (Å²) in [6.45, 7) is 1.81. The number of morpholine rings is 1. The van der Waals surface area contributed by atoms with Crippen molar-refractivity contribution in [3.63, 3.8) is 0 Å². The lowest BCUT2D eigenvalue weighted by atomic mass is 10.1. The third-order valence-corrected chi connectivity index (χ3v) is 7.87. The zero-order valence-corrected chi connectivity index (χ0v) is 23.5. The predicted molar refractivity (Wildman–Crippen MR) is 147 cm³/mol. The molecule has 35 heavy (non-hydrogen) atoms. The van der Waals surface area contributed by atoms with Crippen LogP contribution >= 0.6 is 56.9 Å². The van der Waals surface area contributed by atoms with Gasteiger partial charge in [0.15, 0.2) is 0 Å². The van der Waals surface area contributed by atoms with E-state index in [1.165, 1.54) is 0 Å². The minimum absolute atomic E-state index is 0.255. The van der Waals surface area contributed by atoms with Gasteiger partial charge in [-0.15, -0.1) is 0 Å². The lowest BCUT2D eigenvalue weighted by Crippen LogP contribution is -2.46. The number of benzene rings is 2. The molecule has 3 amide bonds. The van der Waals surface area contributed by atoms with Crippen LogP contribution in [0.3, 0.4) is 0 Å². The average molecular weight is 715 g/mol. The number of nitriles is 1. The maximum absolute atomic E-state index is 12.9. The Morgan fingerprint density at radius 1 is 1.17 bits per heavy atom. The highest BCUT2D eigenvalue weighted by atomic mass is 127. The number of amides is 3. The third kappa shape index (κ3) is 6.16. The van der Waals surface area contributed by atoms with Gasteiger partial charge < -0.3 is 14.4 Å². The molecule has 2 heterocycles. The van der Waals surface area contributed by atoms with Crippen LogP contribution in [0.15, 0.2) is 41.3 Å². The summed E-state index contributed by atoms with van der Waals surface area (Å²) in [7, 11) is 0. The molecular weight excluding hydrogens is 696 g/mol. The van der Waals surface area contributed by atoms with E-state index in [2.05, 4.69) is 51.3 Å². The summed E-state index contributed by atoms with van der Waals surface area (Å²) in [6, 6.07) is 13.2. The van der Waals surface area contributed by atoms with Crippen molar-refractivity contribution in [1.29, 1.82) is 5.26 Å². The van der Waals surface area contributed by atoms with Gasteiger partial charge in [0.05, 0.1) is 36.9 Å². The Kier molecular flexibility index (Phi) is 8.68. The summed E-state index contributed by atoms with van der Waals surface area (Å²) in [5.41, 5.74) is 2.11. The molecule has 2 aliphatic rings. The first-order valence-corrected chi connectivity index (χ1v) is 13.6. The van der Waals surface area contributed by atoms with Crippen LogP contribution in [0.1, 0.15) is 16.7 Å². The van der Waals surface area contributed by atoms with E-state index in [0.717, 1.165) is 34.9 Å². The Morgan fingerprint density at radius 3 is 2.54 bits per heavy atom. The number of nitrogens with zero attached hydrogens (tertiary/aromatic N) is 3. The molecule has 0 aliphatic carbocycles. The van der Waals surface area contributed by atoms with Gasteiger partial charge in [0.1, 0.15) is 18.9 Å². The van der Waals surface area contributed by atoms with Gasteiger partial charge in [0.25, 0.3) is 11.1 Å². The van der Waals surface area contributed by atoms with E-state index in [1.54, 1.807) is 17.0 Å². The Hall–Kier alpha value is -2.15. The van der Waals surface area contributed by atoms with Gasteiger partial charge >= 0.3 is 0 Å². The number of carbonyl (C=O) groups is 3. The highest BCUT2D eigenvalue weighted by molar-refractivity contribution is 14.1. The lowest BCUT2D eigenvalue weighted by Gasteiger charge is -2.28. The number of rotatable bonds is 6. The minimum atomic E-state index is -0.472. The summed E-state index contributed by atoms with van der Waals surface area (Å²) in [6.07, 6.45) is 1.66. The van der Waals surface area contributed by atoms with Gasteiger partial charge in [-0.2, -0.15) is 5.26 Å². The van der Waals surface area contributed by atoms with Crippen molar-refractivity contribution in [1.82, 2.24) is 9.80 Å². The molecule has 4 rings (SSSR count). The molecule has 0 atom stereocenters. The molecule has 0 spiro atoms. The number of hydrogen-bond acceptors (Lipinski definition) is 7. The summed E-state index contributed by atoms with van der Waals surface area (Å²) in [4.78, 5) is 40.7. The Balaban J connectivity index is 1.46. The summed E-state index contributed by atoms with van der Waals surface area (Å²) in [5, 5.41) is 8.82. The molecule has 2 fully saturated rings. The third-order valence-electron chi connectivity index (χ3n) is 5.36. The van der Waals surface area contributed by atoms with Crippen LogP contribution < -0.4 is 4.74 Å². The first-order valence-electron chi connectivity index (χ1n) is 10.6. The van der Waals surface area contributed by atoms with Crippen molar-refractivity contribution >= 4 is 80.1 Å². The van der Waals surface area contributed by atoms with Crippen molar-refractivity contribution in [2.24, 2.45) is 0 Å². The maximum Gasteiger partial charge on any atom is 0.294 e. The Morgan fingerprint density at radius 2 is 1.86 bits per heavy atom. The molecule has 0 bridgehead atoms. The van der Waals surface area contributed by atoms with Crippen molar-refractivity contribution in [2.45, 2.75) is 6.61 Å². The summed E-state index contributed by atoms with van der Waals surface area (Å²) in [5.74, 6) is -0.0548. The lowest BCUT2D eigenvalue weighted by molar-refractivity contribution is -0.139. The smallest absolute Gasteiger partial charge is 0.294 e. The first-order chi connectivity index (χ1) is 16.9. The Bertz CT molecular complexity index is 1230. The predicted octanol–water partition coefficient (Wildman–Crippen LogP) is 4.24. The standard InChI is InChI=1S/C24H19I2N3O5S/c25-18-9-15(10-19(26)22(18)34-14-17-4-2-1-3-16(17)12-27)11-20-23(31)29(24(32)35-20)13-21(30)28-5-7-33-8-6-28/h1-4,9-11H,5-8,13-14H2/b20-11+. The first kappa shape index (κ1) is 25.9. The van der Waals surface area contributed by atoms with E-state index in [-0.39, 0.29) is 24.0 Å². The molecule has 2 aromatic carbocycles. The molecule has 0 radical (unpaired) electrons. The van der Waals surface area contributed by atoms with Gasteiger partial charge in [-0.1, -0.05) is 18.2 Å². The number of imide groups is 1. The maximum atomic E-state index is 12.9.